The summed E-state index contributed by atoms with van der Waals surface area (Å²) in [7, 11) is 0. The van der Waals surface area contributed by atoms with Crippen LogP contribution in [0.15, 0.2) is 18.2 Å². The molecule has 0 aromatic heterocycles. The summed E-state index contributed by atoms with van der Waals surface area (Å²) >= 11 is 0. The van der Waals surface area contributed by atoms with E-state index in [2.05, 4.69) is 6.07 Å². The van der Waals surface area contributed by atoms with Gasteiger partial charge >= 0.3 is 0 Å². The van der Waals surface area contributed by atoms with Gasteiger partial charge in [0, 0.05) is 26.9 Å². The van der Waals surface area contributed by atoms with Crippen molar-refractivity contribution in [2.24, 2.45) is 0 Å². The first-order valence-electron chi connectivity index (χ1n) is 2.22. The molecule has 9 heavy (non-hydrogen) atoms. The second kappa shape index (κ2) is 3.62. The quantitative estimate of drug-likeness (QED) is 0.565. The van der Waals surface area contributed by atoms with Crippen molar-refractivity contribution in [3.8, 4) is 0 Å². The topological polar surface area (TPSA) is 26.0 Å². The van der Waals surface area contributed by atoms with Crippen molar-refractivity contribution in [1.82, 2.24) is 0 Å². The zero-order valence-electron chi connectivity index (χ0n) is 4.60. The van der Waals surface area contributed by atoms with E-state index in [9.17, 15) is 4.39 Å². The van der Waals surface area contributed by atoms with Crippen LogP contribution >= 0.6 is 0 Å². The molecule has 0 radical (unpaired) electrons. The van der Waals surface area contributed by atoms with Crippen molar-refractivity contribution in [3.05, 3.63) is 30.1 Å². The largest absolute Gasteiger partial charge is 0.417 e. The Morgan fingerprint density at radius 1 is 1.56 bits per heavy atom. The van der Waals surface area contributed by atoms with Gasteiger partial charge in [-0.3, -0.25) is 4.39 Å². The standard InChI is InChI=1S/C6H5FN.W/c7-5-3-1-2-4-6(5)8;/h2-4H,8H2;/q-1;. The van der Waals surface area contributed by atoms with Crippen molar-refractivity contribution in [3.63, 3.8) is 0 Å². The van der Waals surface area contributed by atoms with Crippen LogP contribution in [0, 0.1) is 11.9 Å². The average molecular weight is 294 g/mol. The molecule has 1 nitrogen and oxygen atoms in total. The molecular formula is C6H5FNW-. The summed E-state index contributed by atoms with van der Waals surface area (Å²) in [6.45, 7) is 0. The minimum Gasteiger partial charge on any atom is -0.417 e. The molecule has 0 atom stereocenters. The Morgan fingerprint density at radius 3 is 2.56 bits per heavy atom. The van der Waals surface area contributed by atoms with E-state index < -0.39 is 5.82 Å². The van der Waals surface area contributed by atoms with Gasteiger partial charge in [0.15, 0.2) is 0 Å². The third-order valence-corrected chi connectivity index (χ3v) is 0.845. The molecule has 0 unspecified atom stereocenters. The molecule has 1 rings (SSSR count). The summed E-state index contributed by atoms with van der Waals surface area (Å²) in [6.07, 6.45) is 0. The van der Waals surface area contributed by atoms with Crippen LogP contribution in [0.2, 0.25) is 0 Å². The molecule has 0 fully saturated rings. The molecule has 0 amide bonds. The number of anilines is 1. The van der Waals surface area contributed by atoms with Crippen LogP contribution in [-0.4, -0.2) is 0 Å². The van der Waals surface area contributed by atoms with Crippen molar-refractivity contribution in [2.75, 3.05) is 5.73 Å². The van der Waals surface area contributed by atoms with E-state index in [0.29, 0.717) is 0 Å². The van der Waals surface area contributed by atoms with Gasteiger partial charge < -0.3 is 5.73 Å². The molecule has 0 saturated heterocycles. The molecule has 0 heterocycles. The van der Waals surface area contributed by atoms with Crippen molar-refractivity contribution >= 4 is 5.69 Å². The van der Waals surface area contributed by atoms with Crippen LogP contribution < -0.4 is 5.73 Å². The molecule has 0 saturated carbocycles. The first-order valence-corrected chi connectivity index (χ1v) is 2.22. The molecule has 3 heteroatoms. The van der Waals surface area contributed by atoms with Gasteiger partial charge in [-0.05, 0) is 5.69 Å². The molecule has 48 valence electrons. The Labute approximate surface area is 67.3 Å². The Bertz CT molecular complexity index is 169. The van der Waals surface area contributed by atoms with Crippen molar-refractivity contribution < 1.29 is 25.5 Å². The fourth-order valence-corrected chi connectivity index (χ4v) is 0.422. The number of halogens is 1. The van der Waals surface area contributed by atoms with Gasteiger partial charge in [-0.1, -0.05) is 0 Å². The minimum absolute atomic E-state index is 0. The van der Waals surface area contributed by atoms with Gasteiger partial charge in [0.05, 0.1) is 0 Å². The normalized spacial score (nSPS) is 8.11. The number of benzene rings is 1. The van der Waals surface area contributed by atoms with Crippen molar-refractivity contribution in [1.29, 1.82) is 0 Å². The van der Waals surface area contributed by atoms with Gasteiger partial charge in [-0.15, -0.1) is 12.1 Å². The second-order valence-electron chi connectivity index (χ2n) is 1.45. The summed E-state index contributed by atoms with van der Waals surface area (Å²) in [5, 5.41) is 0. The average Bonchev–Trinajstić information content (AvgIpc) is 1.77. The zero-order valence-corrected chi connectivity index (χ0v) is 7.53. The number of rotatable bonds is 0. The van der Waals surface area contributed by atoms with E-state index in [1.54, 1.807) is 6.07 Å². The smallest absolute Gasteiger partial charge is 0.0307 e. The predicted molar refractivity (Wildman–Crippen MR) is 29.6 cm³/mol. The van der Waals surface area contributed by atoms with Crippen molar-refractivity contribution in [2.45, 2.75) is 0 Å². The van der Waals surface area contributed by atoms with E-state index in [0.717, 1.165) is 0 Å². The van der Waals surface area contributed by atoms with Gasteiger partial charge in [0.1, 0.15) is 0 Å². The molecular weight excluding hydrogens is 289 g/mol. The summed E-state index contributed by atoms with van der Waals surface area (Å²) in [6, 6.07) is 6.79. The summed E-state index contributed by atoms with van der Waals surface area (Å²) in [5.74, 6) is -0.410. The van der Waals surface area contributed by atoms with Crippen LogP contribution in [0.1, 0.15) is 0 Å². The Morgan fingerprint density at radius 2 is 2.22 bits per heavy atom. The first kappa shape index (κ1) is 8.64. The summed E-state index contributed by atoms with van der Waals surface area (Å²) in [5.41, 5.74) is 5.29. The Hall–Kier alpha value is -0.362. The van der Waals surface area contributed by atoms with Crippen LogP contribution in [0.4, 0.5) is 10.1 Å². The van der Waals surface area contributed by atoms with Crippen LogP contribution in [0.25, 0.3) is 0 Å². The molecule has 2 N–H and O–H groups in total. The van der Waals surface area contributed by atoms with Gasteiger partial charge in [-0.25, -0.2) is 0 Å². The van der Waals surface area contributed by atoms with E-state index in [1.165, 1.54) is 12.1 Å². The predicted octanol–water partition coefficient (Wildman–Crippen LogP) is 1.21. The first-order chi connectivity index (χ1) is 3.80. The van der Waals surface area contributed by atoms with E-state index in [4.69, 9.17) is 5.73 Å². The molecule has 0 spiro atoms. The molecule has 0 aliphatic rings. The van der Waals surface area contributed by atoms with E-state index >= 15 is 0 Å². The third kappa shape index (κ3) is 2.15. The van der Waals surface area contributed by atoms with Crippen LogP contribution in [0.5, 0.6) is 0 Å². The van der Waals surface area contributed by atoms with Crippen LogP contribution in [0.3, 0.4) is 0 Å². The maximum absolute atomic E-state index is 12.2. The second-order valence-corrected chi connectivity index (χ2v) is 1.45. The Kier molecular flexibility index (Phi) is 3.48. The van der Waals surface area contributed by atoms with E-state index in [-0.39, 0.29) is 26.8 Å². The Balaban J connectivity index is 0.000000640. The maximum Gasteiger partial charge on any atom is 0.0307 e. The molecule has 1 aromatic rings. The van der Waals surface area contributed by atoms with Gasteiger partial charge in [0.2, 0.25) is 0 Å². The molecule has 0 aliphatic heterocycles. The molecule has 1 aromatic carbocycles. The third-order valence-electron chi connectivity index (χ3n) is 0.845. The van der Waals surface area contributed by atoms with E-state index in [1.807, 2.05) is 0 Å². The SMILES string of the molecule is Nc1cc[c-]cc1F.[W]. The monoisotopic (exact) mass is 294 g/mol. The number of hydrogen-bond donors (Lipinski definition) is 1. The number of nitrogen functional groups attached to an aromatic ring is 1. The maximum atomic E-state index is 12.2. The minimum atomic E-state index is -0.410. The zero-order chi connectivity index (χ0) is 5.98. The number of hydrogen-bond acceptors (Lipinski definition) is 1. The van der Waals surface area contributed by atoms with Gasteiger partial charge in [-0.2, -0.15) is 12.1 Å². The van der Waals surface area contributed by atoms with Crippen LogP contribution in [-0.2, 0) is 21.1 Å². The summed E-state index contributed by atoms with van der Waals surface area (Å²) < 4.78 is 12.2. The van der Waals surface area contributed by atoms with Gasteiger partial charge in [0.25, 0.3) is 0 Å². The molecule has 0 aliphatic carbocycles. The number of nitrogens with two attached hydrogens (primary N) is 1. The fraction of sp³-hybridized carbons (Fsp3) is 0. The summed E-state index contributed by atoms with van der Waals surface area (Å²) in [4.78, 5) is 0. The molecule has 0 bridgehead atoms. The fourth-order valence-electron chi connectivity index (χ4n) is 0.422.